The van der Waals surface area contributed by atoms with Crippen LogP contribution in [0.15, 0.2) is 22.8 Å². The van der Waals surface area contributed by atoms with E-state index in [9.17, 15) is 4.79 Å². The second-order valence-electron chi connectivity index (χ2n) is 8.36. The zero-order valence-electron chi connectivity index (χ0n) is 16.0. The first kappa shape index (κ1) is 17.5. The number of fused-ring (bicyclic) bond motifs is 4. The predicted octanol–water partition coefficient (Wildman–Crippen LogP) is 4.96. The lowest BCUT2D eigenvalue weighted by molar-refractivity contribution is -0.164. The van der Waals surface area contributed by atoms with Crippen LogP contribution < -0.4 is 0 Å². The zero-order valence-corrected chi connectivity index (χ0v) is 16.0. The highest BCUT2D eigenvalue weighted by atomic mass is 16.7. The van der Waals surface area contributed by atoms with E-state index in [0.717, 1.165) is 51.7 Å². The quantitative estimate of drug-likeness (QED) is 0.623. The summed E-state index contributed by atoms with van der Waals surface area (Å²) in [5.41, 5.74) is 4.71. The molecule has 4 aliphatic carbocycles. The van der Waals surface area contributed by atoms with Crippen LogP contribution in [-0.4, -0.2) is 24.8 Å². The van der Waals surface area contributed by atoms with Gasteiger partial charge in [0.15, 0.2) is 5.79 Å². The molecule has 1 heterocycles. The van der Waals surface area contributed by atoms with Gasteiger partial charge in [0, 0.05) is 24.7 Å². The minimum absolute atomic E-state index is 0.0696. The fourth-order valence-corrected chi connectivity index (χ4v) is 6.08. The first-order valence-corrected chi connectivity index (χ1v) is 10.3. The van der Waals surface area contributed by atoms with Gasteiger partial charge in [-0.1, -0.05) is 32.4 Å². The van der Waals surface area contributed by atoms with Crippen LogP contribution in [0, 0.1) is 17.3 Å². The van der Waals surface area contributed by atoms with Crippen LogP contribution in [0.25, 0.3) is 0 Å². The Morgan fingerprint density at radius 1 is 1.08 bits per heavy atom. The molecule has 0 N–H and O–H groups in total. The summed E-state index contributed by atoms with van der Waals surface area (Å²) in [6.07, 6.45) is 10.7. The second-order valence-corrected chi connectivity index (χ2v) is 8.36. The molecule has 3 heteroatoms. The first-order chi connectivity index (χ1) is 12.1. The molecule has 1 saturated heterocycles. The molecule has 0 amide bonds. The van der Waals surface area contributed by atoms with E-state index in [-0.39, 0.29) is 11.2 Å². The highest BCUT2D eigenvalue weighted by Gasteiger charge is 2.53. The topological polar surface area (TPSA) is 35.5 Å². The SMILES string of the molecule is CC.CC12CC=C3C4=C(CCC3C1CCC2=O)CC1(CC4)OCCO1. The van der Waals surface area contributed by atoms with Gasteiger partial charge in [0.05, 0.1) is 13.2 Å². The Balaban J connectivity index is 0.000000758. The maximum Gasteiger partial charge on any atom is 0.172 e. The maximum atomic E-state index is 12.4. The van der Waals surface area contributed by atoms with Crippen LogP contribution in [0.1, 0.15) is 72.1 Å². The first-order valence-electron chi connectivity index (χ1n) is 10.3. The van der Waals surface area contributed by atoms with Crippen molar-refractivity contribution in [3.05, 3.63) is 22.8 Å². The largest absolute Gasteiger partial charge is 0.347 e. The molecule has 1 aliphatic heterocycles. The second kappa shape index (κ2) is 6.35. The number of Topliss-reactive ketones (excluding diaryl/α,β-unsaturated/α-hetero) is 1. The van der Waals surface area contributed by atoms with Crippen molar-refractivity contribution in [3.8, 4) is 0 Å². The summed E-state index contributed by atoms with van der Waals surface area (Å²) in [7, 11) is 0. The molecule has 5 aliphatic rings. The smallest absolute Gasteiger partial charge is 0.172 e. The molecule has 0 aromatic rings. The minimum atomic E-state index is -0.307. The van der Waals surface area contributed by atoms with E-state index in [2.05, 4.69) is 13.0 Å². The van der Waals surface area contributed by atoms with Gasteiger partial charge in [0.25, 0.3) is 0 Å². The van der Waals surface area contributed by atoms with Gasteiger partial charge >= 0.3 is 0 Å². The van der Waals surface area contributed by atoms with E-state index < -0.39 is 0 Å². The third-order valence-electron chi connectivity index (χ3n) is 7.35. The normalized spacial score (nSPS) is 38.5. The number of hydrogen-bond donors (Lipinski definition) is 0. The van der Waals surface area contributed by atoms with Crippen LogP contribution in [0.5, 0.6) is 0 Å². The van der Waals surface area contributed by atoms with E-state index in [4.69, 9.17) is 9.47 Å². The third kappa shape index (κ3) is 2.57. The Bertz CT molecular complexity index is 623. The molecule has 5 rings (SSSR count). The molecule has 3 atom stereocenters. The van der Waals surface area contributed by atoms with E-state index in [1.807, 2.05) is 13.8 Å². The molecule has 0 aromatic heterocycles. The van der Waals surface area contributed by atoms with Gasteiger partial charge in [0.1, 0.15) is 5.78 Å². The predicted molar refractivity (Wildman–Crippen MR) is 98.1 cm³/mol. The fourth-order valence-electron chi connectivity index (χ4n) is 6.08. The summed E-state index contributed by atoms with van der Waals surface area (Å²) < 4.78 is 11.9. The van der Waals surface area contributed by atoms with Crippen LogP contribution in [-0.2, 0) is 14.3 Å². The van der Waals surface area contributed by atoms with Gasteiger partial charge in [-0.05, 0) is 55.1 Å². The van der Waals surface area contributed by atoms with Crippen molar-refractivity contribution >= 4 is 5.78 Å². The van der Waals surface area contributed by atoms with Crippen molar-refractivity contribution in [2.75, 3.05) is 13.2 Å². The van der Waals surface area contributed by atoms with Gasteiger partial charge < -0.3 is 9.47 Å². The molecule has 0 bridgehead atoms. The van der Waals surface area contributed by atoms with Crippen molar-refractivity contribution in [3.63, 3.8) is 0 Å². The van der Waals surface area contributed by atoms with Crippen molar-refractivity contribution < 1.29 is 14.3 Å². The van der Waals surface area contributed by atoms with Crippen molar-refractivity contribution in [1.29, 1.82) is 0 Å². The van der Waals surface area contributed by atoms with E-state index in [0.29, 0.717) is 17.6 Å². The number of carbonyl (C=O) groups excluding carboxylic acids is 1. The molecule has 3 nitrogen and oxygen atoms in total. The average Bonchev–Trinajstić information content (AvgIpc) is 3.21. The van der Waals surface area contributed by atoms with Crippen LogP contribution >= 0.6 is 0 Å². The maximum absolute atomic E-state index is 12.4. The van der Waals surface area contributed by atoms with Crippen LogP contribution in [0.2, 0.25) is 0 Å². The van der Waals surface area contributed by atoms with Crippen molar-refractivity contribution in [2.45, 2.75) is 77.9 Å². The summed E-state index contributed by atoms with van der Waals surface area (Å²) in [5.74, 6) is 1.41. The molecule has 138 valence electrons. The van der Waals surface area contributed by atoms with Gasteiger partial charge in [-0.3, -0.25) is 4.79 Å². The summed E-state index contributed by atoms with van der Waals surface area (Å²) >= 11 is 0. The monoisotopic (exact) mass is 344 g/mol. The third-order valence-corrected chi connectivity index (χ3v) is 7.35. The molecule has 3 unspecified atom stereocenters. The molecule has 0 aromatic carbocycles. The Labute approximate surface area is 151 Å². The molecule has 2 fully saturated rings. The zero-order chi connectivity index (χ0) is 17.7. The number of hydrogen-bond acceptors (Lipinski definition) is 3. The summed E-state index contributed by atoms with van der Waals surface area (Å²) in [5, 5.41) is 0. The highest BCUT2D eigenvalue weighted by Crippen LogP contribution is 2.58. The molecular weight excluding hydrogens is 312 g/mol. The standard InChI is InChI=1S/C20H26O3.C2H6/c1-19-8-6-15-14-7-9-20(22-10-11-23-20)12-13(14)2-3-16(15)17(19)4-5-18(19)21;1-2/h6,16-17H,2-5,7-12H2,1H3;1-2H3. The van der Waals surface area contributed by atoms with Crippen molar-refractivity contribution in [1.82, 2.24) is 0 Å². The van der Waals surface area contributed by atoms with Gasteiger partial charge in [-0.2, -0.15) is 0 Å². The van der Waals surface area contributed by atoms with E-state index in [1.54, 1.807) is 16.7 Å². The summed E-state index contributed by atoms with van der Waals surface area (Å²) in [6, 6.07) is 0. The Hall–Kier alpha value is -0.930. The molecule has 0 radical (unpaired) electrons. The molecule has 1 saturated carbocycles. The number of carbonyl (C=O) groups is 1. The number of rotatable bonds is 0. The Morgan fingerprint density at radius 2 is 1.84 bits per heavy atom. The lowest BCUT2D eigenvalue weighted by Crippen LogP contribution is -2.41. The minimum Gasteiger partial charge on any atom is -0.347 e. The van der Waals surface area contributed by atoms with Gasteiger partial charge in [-0.25, -0.2) is 0 Å². The summed E-state index contributed by atoms with van der Waals surface area (Å²) in [6.45, 7) is 7.72. The van der Waals surface area contributed by atoms with Crippen LogP contribution in [0.4, 0.5) is 0 Å². The molecule has 25 heavy (non-hydrogen) atoms. The lowest BCUT2D eigenvalue weighted by Gasteiger charge is -2.46. The van der Waals surface area contributed by atoms with Gasteiger partial charge in [-0.15, -0.1) is 0 Å². The Morgan fingerprint density at radius 3 is 2.60 bits per heavy atom. The highest BCUT2D eigenvalue weighted by molar-refractivity contribution is 5.87. The number of ketones is 1. The van der Waals surface area contributed by atoms with Crippen molar-refractivity contribution in [2.24, 2.45) is 17.3 Å². The lowest BCUT2D eigenvalue weighted by atomic mass is 9.58. The van der Waals surface area contributed by atoms with Gasteiger partial charge in [0.2, 0.25) is 0 Å². The average molecular weight is 344 g/mol. The van der Waals surface area contributed by atoms with E-state index in [1.165, 1.54) is 12.8 Å². The van der Waals surface area contributed by atoms with Crippen LogP contribution in [0.3, 0.4) is 0 Å². The van der Waals surface area contributed by atoms with E-state index >= 15 is 0 Å². The number of allylic oxidation sites excluding steroid dienone is 3. The fraction of sp³-hybridized carbons (Fsp3) is 0.773. The molecular formula is C22H32O3. The number of ether oxygens (including phenoxy) is 2. The summed E-state index contributed by atoms with van der Waals surface area (Å²) in [4.78, 5) is 12.4. The Kier molecular flexibility index (Phi) is 4.44. The molecule has 1 spiro atoms.